The molecule has 0 saturated heterocycles. The lowest BCUT2D eigenvalue weighted by molar-refractivity contribution is -0.137. The smallest absolute Gasteiger partial charge is 0.304 e. The number of amides is 1. The minimum absolute atomic E-state index is 0.0320. The molecule has 0 saturated carbocycles. The van der Waals surface area contributed by atoms with Crippen molar-refractivity contribution >= 4 is 11.9 Å². The number of pyridine rings is 1. The molecule has 1 aliphatic heterocycles. The Morgan fingerprint density at radius 1 is 1.00 bits per heavy atom. The maximum atomic E-state index is 12.1. The van der Waals surface area contributed by atoms with Crippen molar-refractivity contribution in [3.63, 3.8) is 0 Å². The third kappa shape index (κ3) is 3.57. The van der Waals surface area contributed by atoms with Crippen LogP contribution in [0.15, 0.2) is 60.7 Å². The van der Waals surface area contributed by atoms with Crippen molar-refractivity contribution in [3.8, 4) is 22.9 Å². The van der Waals surface area contributed by atoms with Gasteiger partial charge in [-0.1, -0.05) is 36.4 Å². The van der Waals surface area contributed by atoms with Gasteiger partial charge in [0.15, 0.2) is 0 Å². The van der Waals surface area contributed by atoms with Gasteiger partial charge in [-0.25, -0.2) is 4.98 Å². The van der Waals surface area contributed by atoms with Crippen LogP contribution in [0, 0.1) is 0 Å². The second kappa shape index (κ2) is 7.39. The van der Waals surface area contributed by atoms with Crippen LogP contribution in [-0.2, 0) is 4.79 Å². The molecule has 0 bridgehead atoms. The predicted octanol–water partition coefficient (Wildman–Crippen LogP) is 4.16. The lowest BCUT2D eigenvalue weighted by Gasteiger charge is -2.26. The highest BCUT2D eigenvalue weighted by Gasteiger charge is 2.30. The zero-order chi connectivity index (χ0) is 20.5. The highest BCUT2D eigenvalue weighted by Crippen LogP contribution is 2.45. The monoisotopic (exact) mass is 388 g/mol. The first kappa shape index (κ1) is 18.7. The Kier molecular flexibility index (Phi) is 4.76. The van der Waals surface area contributed by atoms with E-state index in [2.05, 4.69) is 4.98 Å². The van der Waals surface area contributed by atoms with Crippen molar-refractivity contribution in [2.75, 3.05) is 14.1 Å². The number of carbonyl (C=O) groups excluding carboxylic acids is 1. The van der Waals surface area contributed by atoms with Crippen LogP contribution in [0.25, 0.3) is 11.3 Å². The van der Waals surface area contributed by atoms with E-state index in [1.54, 1.807) is 26.2 Å². The number of carboxylic acid groups (broad SMARTS) is 1. The van der Waals surface area contributed by atoms with Crippen LogP contribution in [0.3, 0.4) is 0 Å². The molecular weight excluding hydrogens is 368 g/mol. The van der Waals surface area contributed by atoms with Crippen LogP contribution in [0.2, 0.25) is 0 Å². The minimum Gasteiger partial charge on any atom is -0.481 e. The lowest BCUT2D eigenvalue weighted by Crippen LogP contribution is -2.21. The summed E-state index contributed by atoms with van der Waals surface area (Å²) in [6.07, 6.45) is -0.0320. The van der Waals surface area contributed by atoms with Crippen LogP contribution in [-0.4, -0.2) is 41.0 Å². The van der Waals surface area contributed by atoms with Crippen molar-refractivity contribution in [1.29, 1.82) is 0 Å². The molecule has 6 nitrogen and oxygen atoms in total. The van der Waals surface area contributed by atoms with E-state index in [0.29, 0.717) is 22.9 Å². The zero-order valence-corrected chi connectivity index (χ0v) is 16.1. The lowest BCUT2D eigenvalue weighted by atomic mass is 9.86. The first-order valence-corrected chi connectivity index (χ1v) is 9.25. The number of benzene rings is 2. The van der Waals surface area contributed by atoms with E-state index in [1.165, 1.54) is 4.90 Å². The molecule has 1 amide bonds. The summed E-state index contributed by atoms with van der Waals surface area (Å²) in [5.41, 5.74) is 3.75. The van der Waals surface area contributed by atoms with Gasteiger partial charge in [0.05, 0.1) is 12.1 Å². The third-order valence-electron chi connectivity index (χ3n) is 4.98. The van der Waals surface area contributed by atoms with Gasteiger partial charge in [-0.15, -0.1) is 0 Å². The minimum atomic E-state index is -0.872. The van der Waals surface area contributed by atoms with Gasteiger partial charge in [-0.2, -0.15) is 0 Å². The van der Waals surface area contributed by atoms with Crippen molar-refractivity contribution in [2.24, 2.45) is 0 Å². The Morgan fingerprint density at radius 3 is 2.41 bits per heavy atom. The van der Waals surface area contributed by atoms with E-state index in [4.69, 9.17) is 4.74 Å². The normalized spacial score (nSPS) is 14.3. The second-order valence-electron chi connectivity index (χ2n) is 7.16. The van der Waals surface area contributed by atoms with Crippen LogP contribution >= 0.6 is 0 Å². The summed E-state index contributed by atoms with van der Waals surface area (Å²) >= 11 is 0. The molecule has 0 radical (unpaired) electrons. The number of aromatic nitrogens is 1. The number of hydrogen-bond acceptors (Lipinski definition) is 4. The molecule has 1 N–H and O–H groups in total. The van der Waals surface area contributed by atoms with E-state index in [-0.39, 0.29) is 18.2 Å². The summed E-state index contributed by atoms with van der Waals surface area (Å²) in [7, 11) is 3.42. The van der Waals surface area contributed by atoms with Crippen molar-refractivity contribution in [2.45, 2.75) is 12.3 Å². The number of carboxylic acids is 1. The SMILES string of the molecule is CN(C)C(=O)c1ccc(-c2ccc3c(n2)Oc2ccccc2C3CC(=O)O)cc1. The molecule has 29 heavy (non-hydrogen) atoms. The molecule has 2 aromatic carbocycles. The van der Waals surface area contributed by atoms with Crippen molar-refractivity contribution < 1.29 is 19.4 Å². The van der Waals surface area contributed by atoms with Gasteiger partial charge in [0.1, 0.15) is 5.75 Å². The van der Waals surface area contributed by atoms with E-state index < -0.39 is 5.97 Å². The number of aliphatic carboxylic acids is 1. The van der Waals surface area contributed by atoms with Crippen molar-refractivity contribution in [3.05, 3.63) is 77.4 Å². The topological polar surface area (TPSA) is 79.7 Å². The molecule has 0 spiro atoms. The van der Waals surface area contributed by atoms with Gasteiger partial charge in [0.2, 0.25) is 5.88 Å². The number of nitrogens with zero attached hydrogens (tertiary/aromatic N) is 2. The van der Waals surface area contributed by atoms with E-state index in [9.17, 15) is 14.7 Å². The molecule has 1 unspecified atom stereocenters. The summed E-state index contributed by atoms with van der Waals surface area (Å²) in [4.78, 5) is 29.7. The fraction of sp³-hybridized carbons (Fsp3) is 0.174. The van der Waals surface area contributed by atoms with Gasteiger partial charge in [-0.3, -0.25) is 9.59 Å². The third-order valence-corrected chi connectivity index (χ3v) is 4.98. The van der Waals surface area contributed by atoms with Crippen LogP contribution < -0.4 is 4.74 Å². The molecule has 0 fully saturated rings. The average molecular weight is 388 g/mol. The fourth-order valence-electron chi connectivity index (χ4n) is 3.53. The predicted molar refractivity (Wildman–Crippen MR) is 108 cm³/mol. The summed E-state index contributed by atoms with van der Waals surface area (Å²) in [5.74, 6) is -0.202. The molecule has 0 aliphatic carbocycles. The molecule has 1 atom stereocenters. The first-order chi connectivity index (χ1) is 13.9. The molecule has 1 aromatic heterocycles. The van der Waals surface area contributed by atoms with Crippen LogP contribution in [0.5, 0.6) is 11.6 Å². The molecule has 146 valence electrons. The molecule has 4 rings (SSSR count). The maximum absolute atomic E-state index is 12.1. The number of carbonyl (C=O) groups is 2. The Morgan fingerprint density at radius 2 is 1.72 bits per heavy atom. The zero-order valence-electron chi connectivity index (χ0n) is 16.1. The number of hydrogen-bond donors (Lipinski definition) is 1. The van der Waals surface area contributed by atoms with Crippen LogP contribution in [0.4, 0.5) is 0 Å². The molecule has 6 heteroatoms. The molecular formula is C23H20N2O4. The highest BCUT2D eigenvalue weighted by molar-refractivity contribution is 5.94. The number of para-hydroxylation sites is 1. The van der Waals surface area contributed by atoms with Gasteiger partial charge in [-0.05, 0) is 24.3 Å². The summed E-state index contributed by atoms with van der Waals surface area (Å²) in [6.45, 7) is 0. The number of rotatable bonds is 4. The number of fused-ring (bicyclic) bond motifs is 2. The summed E-state index contributed by atoms with van der Waals surface area (Å²) in [5, 5.41) is 9.37. The van der Waals surface area contributed by atoms with E-state index >= 15 is 0 Å². The van der Waals surface area contributed by atoms with E-state index in [0.717, 1.165) is 16.7 Å². The van der Waals surface area contributed by atoms with Gasteiger partial charge in [0.25, 0.3) is 5.91 Å². The average Bonchev–Trinajstić information content (AvgIpc) is 2.72. The Bertz CT molecular complexity index is 1090. The maximum Gasteiger partial charge on any atom is 0.304 e. The van der Waals surface area contributed by atoms with E-state index in [1.807, 2.05) is 48.5 Å². The quantitative estimate of drug-likeness (QED) is 0.726. The molecule has 2 heterocycles. The Balaban J connectivity index is 1.70. The standard InChI is InChI=1S/C23H20N2O4/c1-25(2)23(28)15-9-7-14(8-10-15)19-12-11-17-18(13-21(26)27)16-5-3-4-6-20(16)29-22(17)24-19/h3-12,18H,13H2,1-2H3,(H,26,27). The number of ether oxygens (including phenoxy) is 1. The second-order valence-corrected chi connectivity index (χ2v) is 7.16. The van der Waals surface area contributed by atoms with Gasteiger partial charge >= 0.3 is 5.97 Å². The fourth-order valence-corrected chi connectivity index (χ4v) is 3.53. The summed E-state index contributed by atoms with van der Waals surface area (Å²) in [6, 6.07) is 18.4. The first-order valence-electron chi connectivity index (χ1n) is 9.25. The Hall–Kier alpha value is -3.67. The van der Waals surface area contributed by atoms with Gasteiger partial charge < -0.3 is 14.7 Å². The highest BCUT2D eigenvalue weighted by atomic mass is 16.5. The van der Waals surface area contributed by atoms with Gasteiger partial charge in [0, 0.05) is 42.3 Å². The van der Waals surface area contributed by atoms with Crippen molar-refractivity contribution in [1.82, 2.24) is 9.88 Å². The molecule has 1 aliphatic rings. The largest absolute Gasteiger partial charge is 0.481 e. The Labute approximate surface area is 168 Å². The van der Waals surface area contributed by atoms with Crippen LogP contribution in [0.1, 0.15) is 33.8 Å². The molecule has 3 aromatic rings. The summed E-state index contributed by atoms with van der Waals surface area (Å²) < 4.78 is 5.98.